The van der Waals surface area contributed by atoms with Gasteiger partial charge in [-0.25, -0.2) is 0 Å². The van der Waals surface area contributed by atoms with Crippen molar-refractivity contribution in [2.45, 2.75) is 31.4 Å². The second kappa shape index (κ2) is 8.29. The summed E-state index contributed by atoms with van der Waals surface area (Å²) in [5.74, 6) is 1.28. The first-order valence-electron chi connectivity index (χ1n) is 7.66. The van der Waals surface area contributed by atoms with Crippen LogP contribution in [0.5, 0.6) is 0 Å². The molecule has 1 aromatic rings. The van der Waals surface area contributed by atoms with Crippen LogP contribution in [0.1, 0.15) is 26.2 Å². The molecule has 116 valence electrons. The molecule has 1 aromatic carbocycles. The van der Waals surface area contributed by atoms with Gasteiger partial charge >= 0.3 is 0 Å². The first-order valence-corrected chi connectivity index (χ1v) is 8.71. The van der Waals surface area contributed by atoms with Gasteiger partial charge in [-0.1, -0.05) is 13.0 Å². The van der Waals surface area contributed by atoms with E-state index in [1.54, 1.807) is 6.07 Å². The molecule has 5 heteroatoms. The van der Waals surface area contributed by atoms with Crippen molar-refractivity contribution in [2.75, 3.05) is 36.4 Å². The molecule has 21 heavy (non-hydrogen) atoms. The molecule has 3 N–H and O–H groups in total. The molecule has 0 radical (unpaired) electrons. The number of rotatable bonds is 6. The van der Waals surface area contributed by atoms with Crippen LogP contribution in [0.2, 0.25) is 0 Å². The van der Waals surface area contributed by atoms with Gasteiger partial charge in [0.25, 0.3) is 0 Å². The van der Waals surface area contributed by atoms with Crippen LogP contribution in [0.4, 0.5) is 11.4 Å². The summed E-state index contributed by atoms with van der Waals surface area (Å²) in [6, 6.07) is 7.31. The first kappa shape index (κ1) is 16.2. The summed E-state index contributed by atoms with van der Waals surface area (Å²) < 4.78 is 0. The largest absolute Gasteiger partial charge is 0.399 e. The first-order chi connectivity index (χ1) is 10.2. The molecule has 2 rings (SSSR count). The molecule has 1 heterocycles. The van der Waals surface area contributed by atoms with Crippen LogP contribution < -0.4 is 11.1 Å². The lowest BCUT2D eigenvalue weighted by molar-refractivity contribution is -0.116. The Morgan fingerprint density at radius 2 is 2.38 bits per heavy atom. The van der Waals surface area contributed by atoms with Crippen LogP contribution in [0, 0.1) is 0 Å². The molecule has 0 aromatic heterocycles. The minimum Gasteiger partial charge on any atom is -0.399 e. The number of nitrogen functional groups attached to an aromatic ring is 1. The highest BCUT2D eigenvalue weighted by molar-refractivity contribution is 8.00. The number of carbonyl (C=O) groups excluding carboxylic acids is 1. The quantitative estimate of drug-likeness (QED) is 0.794. The Labute approximate surface area is 131 Å². The molecule has 4 nitrogen and oxygen atoms in total. The topological polar surface area (TPSA) is 58.4 Å². The van der Waals surface area contributed by atoms with Crippen LogP contribution in [0.3, 0.4) is 0 Å². The number of anilines is 2. The number of benzene rings is 1. The van der Waals surface area contributed by atoms with Gasteiger partial charge in [0.2, 0.25) is 5.91 Å². The van der Waals surface area contributed by atoms with Crippen LogP contribution in [0.25, 0.3) is 0 Å². The van der Waals surface area contributed by atoms with Crippen LogP contribution >= 0.6 is 11.8 Å². The van der Waals surface area contributed by atoms with Crippen molar-refractivity contribution >= 4 is 29.0 Å². The Bertz CT molecular complexity index is 467. The number of nitrogens with zero attached hydrogens (tertiary/aromatic N) is 1. The molecule has 1 amide bonds. The number of nitrogens with two attached hydrogens (primary N) is 1. The second-order valence-corrected chi connectivity index (χ2v) is 6.89. The van der Waals surface area contributed by atoms with E-state index in [4.69, 9.17) is 5.73 Å². The molecular formula is C16H25N3OS. The summed E-state index contributed by atoms with van der Waals surface area (Å²) in [4.78, 5) is 14.4. The van der Waals surface area contributed by atoms with Gasteiger partial charge in [0.1, 0.15) is 0 Å². The summed E-state index contributed by atoms with van der Waals surface area (Å²) in [5, 5.41) is 3.66. The minimum atomic E-state index is 0.0685. The van der Waals surface area contributed by atoms with Gasteiger partial charge in [-0.05, 0) is 37.6 Å². The SMILES string of the molecule is CCC1CN(CCCC(=O)Nc2cccc(N)c2)CCS1. The molecule has 1 unspecified atom stereocenters. The zero-order valence-electron chi connectivity index (χ0n) is 12.7. The lowest BCUT2D eigenvalue weighted by Gasteiger charge is -2.31. The predicted molar refractivity (Wildman–Crippen MR) is 91.7 cm³/mol. The summed E-state index contributed by atoms with van der Waals surface area (Å²) in [6.07, 6.45) is 2.71. The fourth-order valence-corrected chi connectivity index (χ4v) is 3.78. The molecule has 1 saturated heterocycles. The van der Waals surface area contributed by atoms with Gasteiger partial charge in [-0.2, -0.15) is 11.8 Å². The minimum absolute atomic E-state index is 0.0685. The zero-order valence-corrected chi connectivity index (χ0v) is 13.5. The third-order valence-electron chi connectivity index (χ3n) is 3.73. The van der Waals surface area contributed by atoms with E-state index < -0.39 is 0 Å². The number of nitrogens with one attached hydrogen (secondary N) is 1. The summed E-state index contributed by atoms with van der Waals surface area (Å²) in [7, 11) is 0. The van der Waals surface area contributed by atoms with Crippen molar-refractivity contribution in [3.63, 3.8) is 0 Å². The standard InChI is InChI=1S/C16H25N3OS/c1-2-15-12-19(9-10-21-15)8-4-7-16(20)18-14-6-3-5-13(17)11-14/h3,5-6,11,15H,2,4,7-10,12,17H2,1H3,(H,18,20). The molecular weight excluding hydrogens is 282 g/mol. The monoisotopic (exact) mass is 307 g/mol. The molecule has 1 fully saturated rings. The van der Waals surface area contributed by atoms with Crippen LogP contribution in [0.15, 0.2) is 24.3 Å². The third kappa shape index (κ3) is 5.59. The Kier molecular flexibility index (Phi) is 6.39. The second-order valence-electron chi connectivity index (χ2n) is 5.48. The van der Waals surface area contributed by atoms with Crippen molar-refractivity contribution in [3.05, 3.63) is 24.3 Å². The van der Waals surface area contributed by atoms with Gasteiger partial charge in [0.05, 0.1) is 0 Å². The highest BCUT2D eigenvalue weighted by atomic mass is 32.2. The fraction of sp³-hybridized carbons (Fsp3) is 0.562. The van der Waals surface area contributed by atoms with Crippen molar-refractivity contribution in [3.8, 4) is 0 Å². The van der Waals surface area contributed by atoms with Gasteiger partial charge in [-0.15, -0.1) is 0 Å². The number of hydrogen-bond acceptors (Lipinski definition) is 4. The lowest BCUT2D eigenvalue weighted by Crippen LogP contribution is -2.38. The van der Waals surface area contributed by atoms with Gasteiger partial charge in [0.15, 0.2) is 0 Å². The van der Waals surface area contributed by atoms with Gasteiger partial charge in [0, 0.05) is 41.9 Å². The molecule has 0 bridgehead atoms. The zero-order chi connectivity index (χ0) is 15.1. The number of thioether (sulfide) groups is 1. The molecule has 1 aliphatic rings. The van der Waals surface area contributed by atoms with E-state index in [2.05, 4.69) is 28.9 Å². The Balaban J connectivity index is 1.67. The highest BCUT2D eigenvalue weighted by Crippen LogP contribution is 2.21. The van der Waals surface area contributed by atoms with Crippen LogP contribution in [-0.2, 0) is 4.79 Å². The Morgan fingerprint density at radius 3 is 3.14 bits per heavy atom. The smallest absolute Gasteiger partial charge is 0.224 e. The average Bonchev–Trinajstić information content (AvgIpc) is 2.47. The lowest BCUT2D eigenvalue weighted by atomic mass is 10.2. The summed E-state index contributed by atoms with van der Waals surface area (Å²) >= 11 is 2.08. The molecule has 1 aliphatic heterocycles. The predicted octanol–water partition coefficient (Wildman–Crippen LogP) is 2.81. The normalized spacial score (nSPS) is 19.4. The highest BCUT2D eigenvalue weighted by Gasteiger charge is 2.18. The Morgan fingerprint density at radius 1 is 1.52 bits per heavy atom. The fourth-order valence-electron chi connectivity index (χ4n) is 2.53. The summed E-state index contributed by atoms with van der Waals surface area (Å²) in [5.41, 5.74) is 7.15. The van der Waals surface area contributed by atoms with Crippen molar-refractivity contribution in [1.29, 1.82) is 0 Å². The average molecular weight is 307 g/mol. The van der Waals surface area contributed by atoms with E-state index in [-0.39, 0.29) is 5.91 Å². The number of amides is 1. The van der Waals surface area contributed by atoms with E-state index in [0.29, 0.717) is 12.1 Å². The molecule has 0 saturated carbocycles. The number of carbonyl (C=O) groups is 1. The van der Waals surface area contributed by atoms with Crippen molar-refractivity contribution < 1.29 is 4.79 Å². The van der Waals surface area contributed by atoms with E-state index >= 15 is 0 Å². The molecule has 0 aliphatic carbocycles. The maximum atomic E-state index is 11.9. The van der Waals surface area contributed by atoms with E-state index in [1.807, 2.05) is 18.2 Å². The number of hydrogen-bond donors (Lipinski definition) is 2. The summed E-state index contributed by atoms with van der Waals surface area (Å²) in [6.45, 7) is 5.58. The maximum Gasteiger partial charge on any atom is 0.224 e. The molecule has 0 spiro atoms. The van der Waals surface area contributed by atoms with Crippen molar-refractivity contribution in [2.24, 2.45) is 0 Å². The maximum absolute atomic E-state index is 11.9. The van der Waals surface area contributed by atoms with E-state index in [9.17, 15) is 4.79 Å². The van der Waals surface area contributed by atoms with Gasteiger partial charge < -0.3 is 16.0 Å². The molecule has 1 atom stereocenters. The Hall–Kier alpha value is -1.20. The van der Waals surface area contributed by atoms with E-state index in [0.717, 1.165) is 37.0 Å². The van der Waals surface area contributed by atoms with Crippen LogP contribution in [-0.4, -0.2) is 41.4 Å². The van der Waals surface area contributed by atoms with Crippen molar-refractivity contribution in [1.82, 2.24) is 4.90 Å². The van der Waals surface area contributed by atoms with Gasteiger partial charge in [-0.3, -0.25) is 4.79 Å². The third-order valence-corrected chi connectivity index (χ3v) is 5.10. The van der Waals surface area contributed by atoms with E-state index in [1.165, 1.54) is 12.2 Å².